The summed E-state index contributed by atoms with van der Waals surface area (Å²) in [4.78, 5) is 2.59. The molecule has 0 bridgehead atoms. The average Bonchev–Trinajstić information content (AvgIpc) is 2.63. The molecule has 2 heteroatoms. The fourth-order valence-electron chi connectivity index (χ4n) is 2.37. The van der Waals surface area contributed by atoms with E-state index in [-0.39, 0.29) is 0 Å². The molecule has 2 nitrogen and oxygen atoms in total. The summed E-state index contributed by atoms with van der Waals surface area (Å²) in [5, 5.41) is 0. The van der Waals surface area contributed by atoms with Crippen LogP contribution in [0.15, 0.2) is 12.2 Å². The normalized spacial score (nSPS) is 26.1. The van der Waals surface area contributed by atoms with E-state index in [1.54, 1.807) is 7.11 Å². The highest BCUT2D eigenvalue weighted by Crippen LogP contribution is 2.22. The Morgan fingerprint density at radius 3 is 2.93 bits per heavy atom. The molecule has 0 radical (unpaired) electrons. The van der Waals surface area contributed by atoms with Gasteiger partial charge in [0.15, 0.2) is 0 Å². The minimum Gasteiger partial charge on any atom is -0.383 e. The zero-order valence-corrected chi connectivity index (χ0v) is 9.70. The highest BCUT2D eigenvalue weighted by atomic mass is 16.5. The molecule has 0 amide bonds. The Hall–Kier alpha value is -0.340. The van der Waals surface area contributed by atoms with Crippen molar-refractivity contribution in [1.82, 2.24) is 4.90 Å². The lowest BCUT2D eigenvalue weighted by Gasteiger charge is -2.30. The molecule has 0 saturated carbocycles. The summed E-state index contributed by atoms with van der Waals surface area (Å²) in [6.45, 7) is 6.47. The summed E-state index contributed by atoms with van der Waals surface area (Å²) in [5.74, 6) is 0. The van der Waals surface area contributed by atoms with Crippen LogP contribution in [0, 0.1) is 0 Å². The third kappa shape index (κ3) is 2.82. The van der Waals surface area contributed by atoms with Crippen molar-refractivity contribution in [2.45, 2.75) is 45.2 Å². The first-order chi connectivity index (χ1) is 6.83. The lowest BCUT2D eigenvalue weighted by molar-refractivity contribution is 0.0997. The quantitative estimate of drug-likeness (QED) is 0.628. The molecule has 0 aromatic rings. The maximum Gasteiger partial charge on any atom is 0.0618 e. The van der Waals surface area contributed by atoms with E-state index in [1.807, 2.05) is 0 Å². The van der Waals surface area contributed by atoms with Gasteiger partial charge in [0.2, 0.25) is 0 Å². The second kappa shape index (κ2) is 6.20. The Bertz CT molecular complexity index is 179. The van der Waals surface area contributed by atoms with Crippen LogP contribution < -0.4 is 0 Å². The highest BCUT2D eigenvalue weighted by molar-refractivity contribution is 4.96. The standard InChI is InChI=1S/C12H23NO/c1-4-7-11(5-2)13-9-6-8-12(13)10-14-3/h4,7,11-12H,5-6,8-10H2,1-3H3/b7-4+. The lowest BCUT2D eigenvalue weighted by atomic mass is 10.1. The summed E-state index contributed by atoms with van der Waals surface area (Å²) < 4.78 is 5.26. The molecular formula is C12H23NO. The molecule has 1 fully saturated rings. The molecule has 82 valence electrons. The zero-order valence-electron chi connectivity index (χ0n) is 9.70. The van der Waals surface area contributed by atoms with Crippen LogP contribution in [0.4, 0.5) is 0 Å². The van der Waals surface area contributed by atoms with Gasteiger partial charge in [-0.1, -0.05) is 19.1 Å². The van der Waals surface area contributed by atoms with Crippen LogP contribution in [0.5, 0.6) is 0 Å². The monoisotopic (exact) mass is 197 g/mol. The minimum absolute atomic E-state index is 0.614. The van der Waals surface area contributed by atoms with Gasteiger partial charge in [0.1, 0.15) is 0 Å². The van der Waals surface area contributed by atoms with Crippen LogP contribution >= 0.6 is 0 Å². The van der Waals surface area contributed by atoms with Gasteiger partial charge in [0, 0.05) is 19.2 Å². The van der Waals surface area contributed by atoms with Gasteiger partial charge in [-0.25, -0.2) is 0 Å². The van der Waals surface area contributed by atoms with Crippen molar-refractivity contribution in [3.05, 3.63) is 12.2 Å². The molecule has 1 saturated heterocycles. The molecule has 0 aromatic carbocycles. The van der Waals surface area contributed by atoms with Crippen LogP contribution in [-0.2, 0) is 4.74 Å². The molecule has 14 heavy (non-hydrogen) atoms. The fraction of sp³-hybridized carbons (Fsp3) is 0.833. The molecule has 2 unspecified atom stereocenters. The number of rotatable bonds is 5. The van der Waals surface area contributed by atoms with Crippen molar-refractivity contribution < 1.29 is 4.74 Å². The minimum atomic E-state index is 0.614. The number of likely N-dealkylation sites (tertiary alicyclic amines) is 1. The fourth-order valence-corrected chi connectivity index (χ4v) is 2.37. The Kier molecular flexibility index (Phi) is 5.20. The van der Waals surface area contributed by atoms with E-state index in [9.17, 15) is 0 Å². The Morgan fingerprint density at radius 1 is 1.57 bits per heavy atom. The van der Waals surface area contributed by atoms with Crippen molar-refractivity contribution in [2.75, 3.05) is 20.3 Å². The molecule has 0 N–H and O–H groups in total. The van der Waals surface area contributed by atoms with E-state index in [4.69, 9.17) is 4.74 Å². The largest absolute Gasteiger partial charge is 0.383 e. The number of ether oxygens (including phenoxy) is 1. The van der Waals surface area contributed by atoms with E-state index >= 15 is 0 Å². The van der Waals surface area contributed by atoms with Gasteiger partial charge in [-0.05, 0) is 32.7 Å². The molecule has 1 aliphatic heterocycles. The smallest absolute Gasteiger partial charge is 0.0618 e. The molecule has 1 aliphatic rings. The lowest BCUT2D eigenvalue weighted by Crippen LogP contribution is -2.39. The number of hydrogen-bond donors (Lipinski definition) is 0. The maximum absolute atomic E-state index is 5.26. The average molecular weight is 197 g/mol. The van der Waals surface area contributed by atoms with Gasteiger partial charge >= 0.3 is 0 Å². The summed E-state index contributed by atoms with van der Waals surface area (Å²) >= 11 is 0. The first-order valence-electron chi connectivity index (χ1n) is 5.71. The Morgan fingerprint density at radius 2 is 2.36 bits per heavy atom. The van der Waals surface area contributed by atoms with E-state index in [0.717, 1.165) is 6.61 Å². The predicted molar refractivity (Wildman–Crippen MR) is 60.5 cm³/mol. The number of allylic oxidation sites excluding steroid dienone is 1. The molecule has 0 spiro atoms. The summed E-state index contributed by atoms with van der Waals surface area (Å²) in [6, 6.07) is 1.25. The number of hydrogen-bond acceptors (Lipinski definition) is 2. The third-order valence-corrected chi connectivity index (χ3v) is 3.04. The maximum atomic E-state index is 5.26. The summed E-state index contributed by atoms with van der Waals surface area (Å²) in [6.07, 6.45) is 8.29. The van der Waals surface area contributed by atoms with Gasteiger partial charge in [0.05, 0.1) is 6.61 Å². The molecule has 0 aliphatic carbocycles. The topological polar surface area (TPSA) is 12.5 Å². The van der Waals surface area contributed by atoms with Crippen molar-refractivity contribution in [2.24, 2.45) is 0 Å². The van der Waals surface area contributed by atoms with Crippen LogP contribution in [0.2, 0.25) is 0 Å². The van der Waals surface area contributed by atoms with Gasteiger partial charge in [-0.3, -0.25) is 4.90 Å². The molecular weight excluding hydrogens is 174 g/mol. The van der Waals surface area contributed by atoms with Crippen molar-refractivity contribution in [1.29, 1.82) is 0 Å². The van der Waals surface area contributed by atoms with Crippen molar-refractivity contribution >= 4 is 0 Å². The van der Waals surface area contributed by atoms with Crippen molar-refractivity contribution in [3.63, 3.8) is 0 Å². The second-order valence-corrected chi connectivity index (χ2v) is 3.99. The van der Waals surface area contributed by atoms with E-state index in [2.05, 4.69) is 30.9 Å². The molecule has 1 heterocycles. The first-order valence-corrected chi connectivity index (χ1v) is 5.71. The first kappa shape index (κ1) is 11.7. The van der Waals surface area contributed by atoms with Gasteiger partial charge in [-0.2, -0.15) is 0 Å². The van der Waals surface area contributed by atoms with E-state index < -0.39 is 0 Å². The van der Waals surface area contributed by atoms with Gasteiger partial charge in [-0.15, -0.1) is 0 Å². The summed E-state index contributed by atoms with van der Waals surface area (Å²) in [5.41, 5.74) is 0. The third-order valence-electron chi connectivity index (χ3n) is 3.04. The molecule has 2 atom stereocenters. The van der Waals surface area contributed by atoms with Crippen LogP contribution in [0.3, 0.4) is 0 Å². The van der Waals surface area contributed by atoms with Crippen LogP contribution in [0.1, 0.15) is 33.1 Å². The van der Waals surface area contributed by atoms with E-state index in [0.29, 0.717) is 12.1 Å². The Labute approximate surface area is 87.9 Å². The second-order valence-electron chi connectivity index (χ2n) is 3.99. The molecule has 0 aromatic heterocycles. The summed E-state index contributed by atoms with van der Waals surface area (Å²) in [7, 11) is 1.80. The van der Waals surface area contributed by atoms with Crippen LogP contribution in [-0.4, -0.2) is 37.2 Å². The highest BCUT2D eigenvalue weighted by Gasteiger charge is 2.28. The number of methoxy groups -OCH3 is 1. The number of nitrogens with zero attached hydrogens (tertiary/aromatic N) is 1. The van der Waals surface area contributed by atoms with Crippen molar-refractivity contribution in [3.8, 4) is 0 Å². The Balaban J connectivity index is 2.54. The predicted octanol–water partition coefficient (Wildman–Crippen LogP) is 2.45. The van der Waals surface area contributed by atoms with Gasteiger partial charge in [0.25, 0.3) is 0 Å². The van der Waals surface area contributed by atoms with Gasteiger partial charge < -0.3 is 4.74 Å². The zero-order chi connectivity index (χ0) is 10.4. The molecule has 1 rings (SSSR count). The van der Waals surface area contributed by atoms with Crippen LogP contribution in [0.25, 0.3) is 0 Å². The van der Waals surface area contributed by atoms with E-state index in [1.165, 1.54) is 25.8 Å². The SMILES string of the molecule is C/C=C/C(CC)N1CCCC1COC.